The topological polar surface area (TPSA) is 69.7 Å². The van der Waals surface area contributed by atoms with Crippen LogP contribution < -0.4 is 10.2 Å². The molecule has 0 unspecified atom stereocenters. The lowest BCUT2D eigenvalue weighted by atomic mass is 10.1. The molecule has 1 aliphatic rings. The number of carbonyl (C=O) groups is 1. The highest BCUT2D eigenvalue weighted by atomic mass is 32.2. The van der Waals surface area contributed by atoms with Crippen LogP contribution in [0.25, 0.3) is 0 Å². The molecule has 0 saturated carbocycles. The molecule has 0 spiro atoms. The predicted molar refractivity (Wildman–Crippen MR) is 136 cm³/mol. The normalized spacial score (nSPS) is 14.7. The van der Waals surface area contributed by atoms with Gasteiger partial charge in [0.2, 0.25) is 0 Å². The Balaban J connectivity index is 1.38. The molecule has 1 N–H and O–H groups in total. The highest BCUT2D eigenvalue weighted by Crippen LogP contribution is 2.19. The van der Waals surface area contributed by atoms with Gasteiger partial charge in [0.1, 0.15) is 0 Å². The van der Waals surface area contributed by atoms with Crippen molar-refractivity contribution in [1.82, 2.24) is 10.2 Å². The molecular formula is C27H31N3O3S. The fourth-order valence-corrected chi connectivity index (χ4v) is 4.92. The van der Waals surface area contributed by atoms with Crippen LogP contribution >= 0.6 is 0 Å². The number of nitrogens with one attached hydrogen (secondary N) is 1. The molecule has 1 aliphatic heterocycles. The Morgan fingerprint density at radius 3 is 2.21 bits per heavy atom. The number of nitrogens with zero attached hydrogens (tertiary/aromatic N) is 2. The van der Waals surface area contributed by atoms with E-state index in [1.165, 1.54) is 23.4 Å². The van der Waals surface area contributed by atoms with Crippen molar-refractivity contribution in [3.8, 4) is 0 Å². The Kier molecular flexibility index (Phi) is 7.34. The van der Waals surface area contributed by atoms with Gasteiger partial charge in [-0.3, -0.25) is 9.69 Å². The van der Waals surface area contributed by atoms with Gasteiger partial charge < -0.3 is 10.2 Å². The molecule has 4 rings (SSSR count). The van der Waals surface area contributed by atoms with E-state index < -0.39 is 9.84 Å². The SMILES string of the molecule is Cc1ccc(S(C)(=O)=O)cc1C(=O)NCc1ccccc1CN1CCN(c2ccccc2)CC1. The monoisotopic (exact) mass is 477 g/mol. The number of para-hydroxylation sites is 1. The third-order valence-corrected chi connectivity index (χ3v) is 7.44. The first-order chi connectivity index (χ1) is 16.3. The second-order valence-corrected chi connectivity index (χ2v) is 10.8. The quantitative estimate of drug-likeness (QED) is 0.563. The third kappa shape index (κ3) is 5.85. The number of benzene rings is 3. The molecule has 0 bridgehead atoms. The fourth-order valence-electron chi connectivity index (χ4n) is 4.28. The molecule has 3 aromatic rings. The van der Waals surface area contributed by atoms with Gasteiger partial charge in [-0.2, -0.15) is 0 Å². The van der Waals surface area contributed by atoms with Crippen molar-refractivity contribution in [3.63, 3.8) is 0 Å². The maximum absolute atomic E-state index is 12.9. The van der Waals surface area contributed by atoms with E-state index in [1.807, 2.05) is 31.2 Å². The van der Waals surface area contributed by atoms with Crippen LogP contribution in [0, 0.1) is 6.92 Å². The van der Waals surface area contributed by atoms with E-state index in [4.69, 9.17) is 0 Å². The molecule has 0 aromatic heterocycles. The van der Waals surface area contributed by atoms with Gasteiger partial charge in [0.05, 0.1) is 4.90 Å². The van der Waals surface area contributed by atoms with Gasteiger partial charge in [-0.1, -0.05) is 48.5 Å². The average molecular weight is 478 g/mol. The van der Waals surface area contributed by atoms with Crippen LogP contribution in [0.5, 0.6) is 0 Å². The zero-order valence-electron chi connectivity index (χ0n) is 19.7. The summed E-state index contributed by atoms with van der Waals surface area (Å²) in [6, 6.07) is 23.3. The lowest BCUT2D eigenvalue weighted by molar-refractivity contribution is 0.0950. The van der Waals surface area contributed by atoms with Crippen LogP contribution in [0.4, 0.5) is 5.69 Å². The van der Waals surface area contributed by atoms with Gasteiger partial charge in [0, 0.05) is 56.8 Å². The number of sulfone groups is 1. The second-order valence-electron chi connectivity index (χ2n) is 8.80. The molecular weight excluding hydrogens is 446 g/mol. The Bertz CT molecular complexity index is 1250. The number of hydrogen-bond donors (Lipinski definition) is 1. The van der Waals surface area contributed by atoms with E-state index >= 15 is 0 Å². The molecule has 6 nitrogen and oxygen atoms in total. The Labute approximate surface area is 202 Å². The number of piperazine rings is 1. The van der Waals surface area contributed by atoms with Crippen molar-refractivity contribution < 1.29 is 13.2 Å². The summed E-state index contributed by atoms with van der Waals surface area (Å²) in [5.74, 6) is -0.269. The van der Waals surface area contributed by atoms with Gasteiger partial charge in [-0.15, -0.1) is 0 Å². The molecule has 1 amide bonds. The number of amides is 1. The molecule has 178 valence electrons. The summed E-state index contributed by atoms with van der Waals surface area (Å²) in [5.41, 5.74) is 4.66. The van der Waals surface area contributed by atoms with Crippen molar-refractivity contribution >= 4 is 21.4 Å². The van der Waals surface area contributed by atoms with Gasteiger partial charge in [-0.25, -0.2) is 8.42 Å². The van der Waals surface area contributed by atoms with Crippen molar-refractivity contribution in [2.75, 3.05) is 37.3 Å². The van der Waals surface area contributed by atoms with E-state index in [-0.39, 0.29) is 10.8 Å². The third-order valence-electron chi connectivity index (χ3n) is 6.33. The Hall–Kier alpha value is -3.16. The van der Waals surface area contributed by atoms with E-state index in [0.29, 0.717) is 12.1 Å². The minimum Gasteiger partial charge on any atom is -0.369 e. The first kappa shape index (κ1) is 24.0. The highest BCUT2D eigenvalue weighted by Gasteiger charge is 2.19. The standard InChI is InChI=1S/C27H31N3O3S/c1-21-12-13-25(34(2,32)33)18-26(21)27(31)28-19-22-8-6-7-9-23(22)20-29-14-16-30(17-15-29)24-10-4-3-5-11-24/h3-13,18H,14-17,19-20H2,1-2H3,(H,28,31). The Morgan fingerprint density at radius 1 is 0.882 bits per heavy atom. The lowest BCUT2D eigenvalue weighted by Gasteiger charge is -2.36. The number of hydrogen-bond acceptors (Lipinski definition) is 5. The average Bonchev–Trinajstić information content (AvgIpc) is 2.84. The molecule has 1 fully saturated rings. The number of aryl methyl sites for hydroxylation is 1. The first-order valence-corrected chi connectivity index (χ1v) is 13.4. The van der Waals surface area contributed by atoms with Crippen LogP contribution in [0.1, 0.15) is 27.0 Å². The summed E-state index contributed by atoms with van der Waals surface area (Å²) in [6.07, 6.45) is 1.15. The van der Waals surface area contributed by atoms with Crippen LogP contribution in [0.2, 0.25) is 0 Å². The van der Waals surface area contributed by atoms with Crippen molar-refractivity contribution in [3.05, 3.63) is 95.1 Å². The maximum atomic E-state index is 12.9. The summed E-state index contributed by atoms with van der Waals surface area (Å²) in [4.78, 5) is 17.9. The van der Waals surface area contributed by atoms with Gasteiger partial charge >= 0.3 is 0 Å². The summed E-state index contributed by atoms with van der Waals surface area (Å²) in [7, 11) is -3.38. The lowest BCUT2D eigenvalue weighted by Crippen LogP contribution is -2.46. The van der Waals surface area contributed by atoms with Gasteiger partial charge in [0.15, 0.2) is 9.84 Å². The molecule has 3 aromatic carbocycles. The predicted octanol–water partition coefficient (Wildman–Crippen LogP) is 3.65. The molecule has 34 heavy (non-hydrogen) atoms. The molecule has 1 saturated heterocycles. The minimum absolute atomic E-state index is 0.151. The summed E-state index contributed by atoms with van der Waals surface area (Å²) < 4.78 is 23.8. The molecule has 0 atom stereocenters. The highest BCUT2D eigenvalue weighted by molar-refractivity contribution is 7.90. The second kappa shape index (κ2) is 10.4. The van der Waals surface area contributed by atoms with Crippen molar-refractivity contribution in [2.45, 2.75) is 24.9 Å². The molecule has 7 heteroatoms. The molecule has 0 radical (unpaired) electrons. The summed E-state index contributed by atoms with van der Waals surface area (Å²) in [6.45, 7) is 6.96. The number of rotatable bonds is 7. The van der Waals surface area contributed by atoms with Crippen molar-refractivity contribution in [2.24, 2.45) is 0 Å². The van der Waals surface area contributed by atoms with Crippen LogP contribution in [0.15, 0.2) is 77.7 Å². The Morgan fingerprint density at radius 2 is 1.53 bits per heavy atom. The minimum atomic E-state index is -3.38. The van der Waals surface area contributed by atoms with E-state index in [2.05, 4.69) is 45.4 Å². The number of carbonyl (C=O) groups excluding carboxylic acids is 1. The number of anilines is 1. The van der Waals surface area contributed by atoms with Gasteiger partial charge in [0.25, 0.3) is 5.91 Å². The maximum Gasteiger partial charge on any atom is 0.251 e. The fraction of sp³-hybridized carbons (Fsp3) is 0.296. The molecule has 0 aliphatic carbocycles. The summed E-state index contributed by atoms with van der Waals surface area (Å²) in [5, 5.41) is 2.98. The smallest absolute Gasteiger partial charge is 0.251 e. The largest absolute Gasteiger partial charge is 0.369 e. The molecule has 1 heterocycles. The van der Waals surface area contributed by atoms with E-state index in [0.717, 1.165) is 50.1 Å². The van der Waals surface area contributed by atoms with Crippen molar-refractivity contribution in [1.29, 1.82) is 0 Å². The van der Waals surface area contributed by atoms with Crippen LogP contribution in [-0.4, -0.2) is 51.7 Å². The van der Waals surface area contributed by atoms with Crippen LogP contribution in [0.3, 0.4) is 0 Å². The summed E-state index contributed by atoms with van der Waals surface area (Å²) >= 11 is 0. The zero-order valence-corrected chi connectivity index (χ0v) is 20.5. The van der Waals surface area contributed by atoms with Crippen LogP contribution in [-0.2, 0) is 22.9 Å². The first-order valence-electron chi connectivity index (χ1n) is 11.5. The zero-order chi connectivity index (χ0) is 24.1. The van der Waals surface area contributed by atoms with E-state index in [1.54, 1.807) is 6.07 Å². The van der Waals surface area contributed by atoms with Gasteiger partial charge in [-0.05, 0) is 47.9 Å². The van der Waals surface area contributed by atoms with E-state index in [9.17, 15) is 13.2 Å².